The van der Waals surface area contributed by atoms with Gasteiger partial charge < -0.3 is 15.8 Å². The SMILES string of the molecule is Cc1ccc(Nc2nc(N)nc(COC(=O)C3CC=CCC3)n2)cc1. The maximum atomic E-state index is 12.1. The van der Waals surface area contributed by atoms with Crippen molar-refractivity contribution in [2.75, 3.05) is 11.1 Å². The fourth-order valence-electron chi connectivity index (χ4n) is 2.59. The summed E-state index contributed by atoms with van der Waals surface area (Å²) < 4.78 is 5.33. The fourth-order valence-corrected chi connectivity index (χ4v) is 2.59. The standard InChI is InChI=1S/C18H21N5O2/c1-12-7-9-14(10-8-12)20-18-22-15(21-17(19)23-18)11-25-16(24)13-5-3-2-4-6-13/h2-3,7-10,13H,4-6,11H2,1H3,(H3,19,20,21,22,23). The van der Waals surface area contributed by atoms with Crippen LogP contribution in [0.3, 0.4) is 0 Å². The van der Waals surface area contributed by atoms with E-state index in [1.54, 1.807) is 0 Å². The minimum atomic E-state index is -0.226. The Morgan fingerprint density at radius 3 is 2.76 bits per heavy atom. The summed E-state index contributed by atoms with van der Waals surface area (Å²) in [6, 6.07) is 7.81. The average molecular weight is 339 g/mol. The Morgan fingerprint density at radius 2 is 2.04 bits per heavy atom. The highest BCUT2D eigenvalue weighted by atomic mass is 16.5. The monoisotopic (exact) mass is 339 g/mol. The predicted molar refractivity (Wildman–Crippen MR) is 95.0 cm³/mol. The quantitative estimate of drug-likeness (QED) is 0.637. The molecule has 0 aliphatic heterocycles. The summed E-state index contributed by atoms with van der Waals surface area (Å²) >= 11 is 0. The number of nitrogens with zero attached hydrogens (tertiary/aromatic N) is 3. The third-order valence-electron chi connectivity index (χ3n) is 3.95. The van der Waals surface area contributed by atoms with Gasteiger partial charge in [0.05, 0.1) is 5.92 Å². The van der Waals surface area contributed by atoms with Gasteiger partial charge in [0.1, 0.15) is 0 Å². The van der Waals surface area contributed by atoms with E-state index in [-0.39, 0.29) is 24.4 Å². The largest absolute Gasteiger partial charge is 0.457 e. The van der Waals surface area contributed by atoms with E-state index in [1.807, 2.05) is 37.3 Å². The van der Waals surface area contributed by atoms with E-state index in [1.165, 1.54) is 0 Å². The summed E-state index contributed by atoms with van der Waals surface area (Å²) in [5, 5.41) is 3.07. The van der Waals surface area contributed by atoms with Crippen LogP contribution in [-0.4, -0.2) is 20.9 Å². The number of anilines is 3. The van der Waals surface area contributed by atoms with E-state index < -0.39 is 0 Å². The molecule has 25 heavy (non-hydrogen) atoms. The minimum Gasteiger partial charge on any atom is -0.457 e. The van der Waals surface area contributed by atoms with Gasteiger partial charge in [-0.2, -0.15) is 15.0 Å². The first kappa shape index (κ1) is 16.9. The normalized spacial score (nSPS) is 16.4. The van der Waals surface area contributed by atoms with E-state index >= 15 is 0 Å². The number of nitrogens with one attached hydrogen (secondary N) is 1. The van der Waals surface area contributed by atoms with Crippen LogP contribution >= 0.6 is 0 Å². The number of rotatable bonds is 5. The highest BCUT2D eigenvalue weighted by Crippen LogP contribution is 2.20. The number of aryl methyl sites for hydroxylation is 1. The van der Waals surface area contributed by atoms with Gasteiger partial charge in [-0.1, -0.05) is 29.8 Å². The smallest absolute Gasteiger partial charge is 0.309 e. The second-order valence-corrected chi connectivity index (χ2v) is 6.01. The highest BCUT2D eigenvalue weighted by molar-refractivity contribution is 5.72. The van der Waals surface area contributed by atoms with Crippen LogP contribution in [0.15, 0.2) is 36.4 Å². The molecular weight excluding hydrogens is 318 g/mol. The average Bonchev–Trinajstić information content (AvgIpc) is 2.62. The van der Waals surface area contributed by atoms with Crippen LogP contribution in [0.25, 0.3) is 0 Å². The molecule has 1 unspecified atom stereocenters. The molecule has 1 atom stereocenters. The van der Waals surface area contributed by atoms with Crippen molar-refractivity contribution < 1.29 is 9.53 Å². The third-order valence-corrected chi connectivity index (χ3v) is 3.95. The molecule has 1 heterocycles. The molecule has 1 aromatic heterocycles. The molecule has 0 amide bonds. The number of hydrogen-bond donors (Lipinski definition) is 2. The number of ether oxygens (including phenoxy) is 1. The van der Waals surface area contributed by atoms with Gasteiger partial charge in [-0.15, -0.1) is 0 Å². The zero-order chi connectivity index (χ0) is 17.6. The number of allylic oxidation sites excluding steroid dienone is 2. The third kappa shape index (κ3) is 4.76. The van der Waals surface area contributed by atoms with E-state index in [2.05, 4.69) is 26.3 Å². The second kappa shape index (κ2) is 7.74. The van der Waals surface area contributed by atoms with Gasteiger partial charge in [0.2, 0.25) is 11.9 Å². The van der Waals surface area contributed by atoms with Crippen molar-refractivity contribution in [2.45, 2.75) is 32.8 Å². The fraction of sp³-hybridized carbons (Fsp3) is 0.333. The highest BCUT2D eigenvalue weighted by Gasteiger charge is 2.20. The van der Waals surface area contributed by atoms with E-state index in [4.69, 9.17) is 10.5 Å². The number of nitrogens with two attached hydrogens (primary N) is 1. The molecule has 0 fully saturated rings. The number of aromatic nitrogens is 3. The van der Waals surface area contributed by atoms with E-state index in [0.717, 1.165) is 30.5 Å². The number of carbonyl (C=O) groups is 1. The molecule has 130 valence electrons. The Labute approximate surface area is 146 Å². The Hall–Kier alpha value is -2.96. The summed E-state index contributed by atoms with van der Waals surface area (Å²) in [4.78, 5) is 24.4. The van der Waals surface area contributed by atoms with Crippen LogP contribution in [0, 0.1) is 12.8 Å². The lowest BCUT2D eigenvalue weighted by Gasteiger charge is -2.16. The van der Waals surface area contributed by atoms with Crippen LogP contribution in [0.2, 0.25) is 0 Å². The molecule has 0 saturated carbocycles. The van der Waals surface area contributed by atoms with E-state index in [0.29, 0.717) is 11.8 Å². The molecule has 3 rings (SSSR count). The van der Waals surface area contributed by atoms with Gasteiger partial charge in [0, 0.05) is 5.69 Å². The van der Waals surface area contributed by atoms with E-state index in [9.17, 15) is 4.79 Å². The number of hydrogen-bond acceptors (Lipinski definition) is 7. The van der Waals surface area contributed by atoms with Crippen LogP contribution in [-0.2, 0) is 16.1 Å². The summed E-state index contributed by atoms with van der Waals surface area (Å²) in [6.45, 7) is 1.99. The molecule has 0 saturated heterocycles. The molecule has 1 aromatic carbocycles. The number of esters is 1. The van der Waals surface area contributed by atoms with Gasteiger partial charge in [0.25, 0.3) is 0 Å². The lowest BCUT2D eigenvalue weighted by Crippen LogP contribution is -2.19. The van der Waals surface area contributed by atoms with Crippen molar-refractivity contribution >= 4 is 23.6 Å². The van der Waals surface area contributed by atoms with Crippen molar-refractivity contribution in [1.82, 2.24) is 15.0 Å². The first-order valence-corrected chi connectivity index (χ1v) is 8.26. The molecule has 3 N–H and O–H groups in total. The molecular formula is C18H21N5O2. The first-order valence-electron chi connectivity index (χ1n) is 8.26. The van der Waals surface area contributed by atoms with Gasteiger partial charge in [-0.3, -0.25) is 4.79 Å². The van der Waals surface area contributed by atoms with Gasteiger partial charge in [-0.05, 0) is 38.3 Å². The summed E-state index contributed by atoms with van der Waals surface area (Å²) in [5.74, 6) is 0.409. The van der Waals surface area contributed by atoms with Gasteiger partial charge in [-0.25, -0.2) is 0 Å². The van der Waals surface area contributed by atoms with Crippen LogP contribution in [0.4, 0.5) is 17.6 Å². The Kier molecular flexibility index (Phi) is 5.23. The van der Waals surface area contributed by atoms with Crippen molar-refractivity contribution in [1.29, 1.82) is 0 Å². The molecule has 7 nitrogen and oxygen atoms in total. The maximum absolute atomic E-state index is 12.1. The lowest BCUT2D eigenvalue weighted by atomic mass is 9.95. The second-order valence-electron chi connectivity index (χ2n) is 6.01. The molecule has 0 radical (unpaired) electrons. The number of nitrogen functional groups attached to an aromatic ring is 1. The summed E-state index contributed by atoms with van der Waals surface area (Å²) in [5.41, 5.74) is 7.73. The molecule has 1 aliphatic carbocycles. The predicted octanol–water partition coefficient (Wildman–Crippen LogP) is 2.91. The van der Waals surface area contributed by atoms with Crippen LogP contribution in [0.1, 0.15) is 30.7 Å². The summed E-state index contributed by atoms with van der Waals surface area (Å²) in [6.07, 6.45) is 6.54. The van der Waals surface area contributed by atoms with Gasteiger partial charge in [0.15, 0.2) is 12.4 Å². The number of benzene rings is 1. The van der Waals surface area contributed by atoms with Crippen molar-refractivity contribution in [3.63, 3.8) is 0 Å². The molecule has 0 bridgehead atoms. The zero-order valence-electron chi connectivity index (χ0n) is 14.1. The van der Waals surface area contributed by atoms with Crippen molar-refractivity contribution in [2.24, 2.45) is 5.92 Å². The maximum Gasteiger partial charge on any atom is 0.309 e. The molecule has 0 spiro atoms. The Morgan fingerprint density at radius 1 is 1.24 bits per heavy atom. The Balaban J connectivity index is 1.63. The first-order chi connectivity index (χ1) is 12.1. The summed E-state index contributed by atoms with van der Waals surface area (Å²) in [7, 11) is 0. The minimum absolute atomic E-state index is 0.0195. The van der Waals surface area contributed by atoms with Crippen LogP contribution < -0.4 is 11.1 Å². The molecule has 1 aliphatic rings. The van der Waals surface area contributed by atoms with Gasteiger partial charge >= 0.3 is 5.97 Å². The lowest BCUT2D eigenvalue weighted by molar-refractivity contribution is -0.150. The topological polar surface area (TPSA) is 103 Å². The van der Waals surface area contributed by atoms with Crippen LogP contribution in [0.5, 0.6) is 0 Å². The number of carbonyl (C=O) groups excluding carboxylic acids is 1. The molecule has 7 heteroatoms. The van der Waals surface area contributed by atoms with Crippen molar-refractivity contribution in [3.8, 4) is 0 Å². The zero-order valence-corrected chi connectivity index (χ0v) is 14.1. The molecule has 2 aromatic rings. The Bertz CT molecular complexity index is 774. The van der Waals surface area contributed by atoms with Crippen molar-refractivity contribution in [3.05, 3.63) is 47.8 Å².